The van der Waals surface area contributed by atoms with Crippen LogP contribution in [0.1, 0.15) is 84.6 Å². The molecule has 5 rings (SSSR count). The van der Waals surface area contributed by atoms with Gasteiger partial charge in [-0.1, -0.05) is 50.6 Å². The highest BCUT2D eigenvalue weighted by atomic mass is 16.5. The number of ether oxygens (including phenoxy) is 1. The van der Waals surface area contributed by atoms with E-state index in [9.17, 15) is 4.79 Å². The SMILES string of the molecule is C=C(CC)C1=C2CC(OC(C)=O)CCC2(C)C2CCC3(C)C(c4cccnc4)=CCC3C2C1. The van der Waals surface area contributed by atoms with Gasteiger partial charge < -0.3 is 4.74 Å². The monoisotopic (exact) mass is 445 g/mol. The van der Waals surface area contributed by atoms with Gasteiger partial charge in [0.05, 0.1) is 0 Å². The average Bonchev–Trinajstić information content (AvgIpc) is 3.16. The number of hydrogen-bond donors (Lipinski definition) is 0. The molecule has 4 aliphatic carbocycles. The van der Waals surface area contributed by atoms with Crippen molar-refractivity contribution in [2.75, 3.05) is 0 Å². The van der Waals surface area contributed by atoms with E-state index in [1.165, 1.54) is 41.5 Å². The topological polar surface area (TPSA) is 39.2 Å². The predicted octanol–water partition coefficient (Wildman–Crippen LogP) is 7.31. The first-order valence-corrected chi connectivity index (χ1v) is 13.0. The average molecular weight is 446 g/mol. The molecule has 0 radical (unpaired) electrons. The zero-order chi connectivity index (χ0) is 23.4. The van der Waals surface area contributed by atoms with E-state index in [1.54, 1.807) is 12.5 Å². The van der Waals surface area contributed by atoms with Crippen molar-refractivity contribution in [2.24, 2.45) is 28.6 Å². The standard InChI is InChI=1S/C30H39NO2/c1-6-19(2)23-17-24-26-10-9-25(21-8-7-15-31-18-21)29(26,4)14-12-27(24)30(5)13-11-22(16-28(23)30)33-20(3)32/h7-9,15,18,22,24,26-27H,2,6,10-14,16-17H2,1,3-5H3. The second-order valence-electron chi connectivity index (χ2n) is 11.4. The van der Waals surface area contributed by atoms with E-state index < -0.39 is 0 Å². The summed E-state index contributed by atoms with van der Waals surface area (Å²) in [6.07, 6.45) is 15.3. The number of nitrogens with zero attached hydrogens (tertiary/aromatic N) is 1. The minimum atomic E-state index is -0.151. The van der Waals surface area contributed by atoms with Gasteiger partial charge in [0.25, 0.3) is 0 Å². The lowest BCUT2D eigenvalue weighted by atomic mass is 9.46. The molecule has 0 aromatic carbocycles. The number of aromatic nitrogens is 1. The third kappa shape index (κ3) is 3.54. The van der Waals surface area contributed by atoms with Crippen LogP contribution in [0.25, 0.3) is 5.57 Å². The Morgan fingerprint density at radius 2 is 1.97 bits per heavy atom. The summed E-state index contributed by atoms with van der Waals surface area (Å²) in [6, 6.07) is 4.31. The number of fused-ring (bicyclic) bond motifs is 5. The Morgan fingerprint density at radius 1 is 1.18 bits per heavy atom. The van der Waals surface area contributed by atoms with Crippen LogP contribution in [0, 0.1) is 28.6 Å². The van der Waals surface area contributed by atoms with Crippen molar-refractivity contribution in [1.82, 2.24) is 4.98 Å². The minimum Gasteiger partial charge on any atom is -0.462 e. The van der Waals surface area contributed by atoms with Crippen molar-refractivity contribution in [3.63, 3.8) is 0 Å². The highest BCUT2D eigenvalue weighted by molar-refractivity contribution is 5.72. The second kappa shape index (κ2) is 8.25. The number of pyridine rings is 1. The Bertz CT molecular complexity index is 1020. The van der Waals surface area contributed by atoms with E-state index in [2.05, 4.69) is 50.5 Å². The van der Waals surface area contributed by atoms with Crippen molar-refractivity contribution >= 4 is 11.5 Å². The van der Waals surface area contributed by atoms with Gasteiger partial charge in [-0.15, -0.1) is 0 Å². The minimum absolute atomic E-state index is 0.0287. The van der Waals surface area contributed by atoms with E-state index >= 15 is 0 Å². The smallest absolute Gasteiger partial charge is 0.302 e. The summed E-state index contributed by atoms with van der Waals surface area (Å²) in [5.41, 5.74) is 7.63. The van der Waals surface area contributed by atoms with E-state index in [0.29, 0.717) is 17.8 Å². The van der Waals surface area contributed by atoms with Crippen molar-refractivity contribution in [1.29, 1.82) is 0 Å². The Balaban J connectivity index is 1.51. The summed E-state index contributed by atoms with van der Waals surface area (Å²) in [7, 11) is 0. The van der Waals surface area contributed by atoms with Crippen molar-refractivity contribution in [3.8, 4) is 0 Å². The molecule has 0 aliphatic heterocycles. The quantitative estimate of drug-likeness (QED) is 0.456. The van der Waals surface area contributed by atoms with Crippen LogP contribution in [0.4, 0.5) is 0 Å². The first kappa shape index (κ1) is 22.6. The number of hydrogen-bond acceptors (Lipinski definition) is 3. The summed E-state index contributed by atoms with van der Waals surface area (Å²) in [4.78, 5) is 16.1. The molecule has 0 bridgehead atoms. The van der Waals surface area contributed by atoms with E-state index in [0.717, 1.165) is 32.1 Å². The fourth-order valence-corrected chi connectivity index (χ4v) is 8.22. The molecule has 1 heterocycles. The van der Waals surface area contributed by atoms with Crippen LogP contribution in [0.2, 0.25) is 0 Å². The van der Waals surface area contributed by atoms with Gasteiger partial charge in [-0.2, -0.15) is 0 Å². The fourth-order valence-electron chi connectivity index (χ4n) is 8.22. The van der Waals surface area contributed by atoms with Crippen molar-refractivity contribution in [3.05, 3.63) is 59.5 Å². The van der Waals surface area contributed by atoms with Gasteiger partial charge in [0.2, 0.25) is 0 Å². The maximum Gasteiger partial charge on any atom is 0.302 e. The number of carbonyl (C=O) groups excluding carboxylic acids is 1. The number of esters is 1. The molecule has 3 heteroatoms. The van der Waals surface area contributed by atoms with Crippen molar-refractivity contribution in [2.45, 2.75) is 85.2 Å². The van der Waals surface area contributed by atoms with Gasteiger partial charge in [0, 0.05) is 25.7 Å². The second-order valence-corrected chi connectivity index (χ2v) is 11.4. The van der Waals surface area contributed by atoms with E-state index in [1.807, 2.05) is 12.4 Å². The maximum absolute atomic E-state index is 11.7. The van der Waals surface area contributed by atoms with E-state index in [4.69, 9.17) is 4.74 Å². The maximum atomic E-state index is 11.7. The predicted molar refractivity (Wildman–Crippen MR) is 133 cm³/mol. The Morgan fingerprint density at radius 3 is 2.67 bits per heavy atom. The molecule has 176 valence electrons. The molecule has 6 atom stereocenters. The number of allylic oxidation sites excluding steroid dienone is 4. The number of rotatable bonds is 4. The van der Waals surface area contributed by atoms with Crippen LogP contribution < -0.4 is 0 Å². The van der Waals surface area contributed by atoms with Crippen LogP contribution in [-0.2, 0) is 9.53 Å². The molecule has 3 nitrogen and oxygen atoms in total. The molecule has 1 aromatic rings. The summed E-state index contributed by atoms with van der Waals surface area (Å²) in [5.74, 6) is 1.92. The van der Waals surface area contributed by atoms with E-state index in [-0.39, 0.29) is 22.9 Å². The lowest BCUT2D eigenvalue weighted by Gasteiger charge is -2.59. The third-order valence-electron chi connectivity index (χ3n) is 9.91. The molecule has 0 N–H and O–H groups in total. The molecule has 2 fully saturated rings. The van der Waals surface area contributed by atoms with Crippen LogP contribution in [0.5, 0.6) is 0 Å². The molecular weight excluding hydrogens is 406 g/mol. The summed E-state index contributed by atoms with van der Waals surface area (Å²) >= 11 is 0. The van der Waals surface area contributed by atoms with Gasteiger partial charge in [0.15, 0.2) is 0 Å². The zero-order valence-electron chi connectivity index (χ0n) is 20.8. The normalized spacial score (nSPS) is 37.5. The van der Waals surface area contributed by atoms with Crippen molar-refractivity contribution < 1.29 is 9.53 Å². The van der Waals surface area contributed by atoms with Crippen LogP contribution in [-0.4, -0.2) is 17.1 Å². The first-order valence-electron chi connectivity index (χ1n) is 13.0. The Kier molecular flexibility index (Phi) is 5.66. The Labute approximate surface area is 199 Å². The Hall–Kier alpha value is -2.16. The van der Waals surface area contributed by atoms with Crippen LogP contribution in [0.3, 0.4) is 0 Å². The zero-order valence-corrected chi connectivity index (χ0v) is 20.8. The van der Waals surface area contributed by atoms with Gasteiger partial charge in [-0.3, -0.25) is 9.78 Å². The number of carbonyl (C=O) groups is 1. The molecule has 1 aromatic heterocycles. The molecule has 33 heavy (non-hydrogen) atoms. The highest BCUT2D eigenvalue weighted by Crippen LogP contribution is 2.67. The molecule has 0 amide bonds. The fraction of sp³-hybridized carbons (Fsp3) is 0.600. The highest BCUT2D eigenvalue weighted by Gasteiger charge is 2.58. The molecule has 4 aliphatic rings. The molecular formula is C30H39NO2. The lowest BCUT2D eigenvalue weighted by Crippen LogP contribution is -2.51. The van der Waals surface area contributed by atoms with Gasteiger partial charge >= 0.3 is 5.97 Å². The summed E-state index contributed by atoms with van der Waals surface area (Å²) in [5, 5.41) is 0. The third-order valence-corrected chi connectivity index (χ3v) is 9.91. The molecule has 0 spiro atoms. The largest absolute Gasteiger partial charge is 0.462 e. The summed E-state index contributed by atoms with van der Waals surface area (Å²) < 4.78 is 5.71. The van der Waals surface area contributed by atoms with Gasteiger partial charge in [0.1, 0.15) is 6.10 Å². The van der Waals surface area contributed by atoms with Crippen LogP contribution in [0.15, 0.2) is 53.9 Å². The van der Waals surface area contributed by atoms with Gasteiger partial charge in [-0.25, -0.2) is 0 Å². The first-order chi connectivity index (χ1) is 15.8. The lowest BCUT2D eigenvalue weighted by molar-refractivity contribution is -0.148. The molecule has 6 unspecified atom stereocenters. The summed E-state index contributed by atoms with van der Waals surface area (Å²) in [6.45, 7) is 13.3. The van der Waals surface area contributed by atoms with Crippen LogP contribution >= 0.6 is 0 Å². The molecule has 2 saturated carbocycles. The van der Waals surface area contributed by atoms with Gasteiger partial charge in [-0.05, 0) is 96.3 Å². The molecule has 0 saturated heterocycles.